The number of amides is 1. The summed E-state index contributed by atoms with van der Waals surface area (Å²) in [5.74, 6) is 0.523. The Morgan fingerprint density at radius 3 is 2.84 bits per heavy atom. The van der Waals surface area contributed by atoms with Crippen molar-refractivity contribution in [3.8, 4) is 0 Å². The van der Waals surface area contributed by atoms with Crippen molar-refractivity contribution in [3.05, 3.63) is 33.8 Å². The van der Waals surface area contributed by atoms with Gasteiger partial charge in [0.2, 0.25) is 0 Å². The van der Waals surface area contributed by atoms with E-state index in [1.165, 1.54) is 12.8 Å². The van der Waals surface area contributed by atoms with Gasteiger partial charge in [-0.15, -0.1) is 0 Å². The Hall–Kier alpha value is -0.770. The van der Waals surface area contributed by atoms with Crippen LogP contribution in [0.5, 0.6) is 0 Å². The van der Waals surface area contributed by atoms with Gasteiger partial charge in [-0.25, -0.2) is 0 Å². The second kappa shape index (κ2) is 6.60. The number of hydrogen-bond donors (Lipinski definition) is 1. The first kappa shape index (κ1) is 14.6. The van der Waals surface area contributed by atoms with E-state index in [4.69, 9.17) is 23.2 Å². The van der Waals surface area contributed by atoms with E-state index in [1.807, 2.05) is 7.05 Å². The lowest BCUT2D eigenvalue weighted by atomic mass is 9.99. The van der Waals surface area contributed by atoms with E-state index >= 15 is 0 Å². The van der Waals surface area contributed by atoms with Crippen LogP contribution in [0.25, 0.3) is 0 Å². The topological polar surface area (TPSA) is 32.3 Å². The summed E-state index contributed by atoms with van der Waals surface area (Å²) in [4.78, 5) is 14.0. The summed E-state index contributed by atoms with van der Waals surface area (Å²) in [5.41, 5.74) is 0.584. The average molecular weight is 301 g/mol. The van der Waals surface area contributed by atoms with Crippen LogP contribution in [0.1, 0.15) is 23.2 Å². The van der Waals surface area contributed by atoms with Crippen LogP contribution in [0.4, 0.5) is 0 Å². The number of carbonyl (C=O) groups excluding carboxylic acids is 1. The van der Waals surface area contributed by atoms with Crippen LogP contribution in [-0.2, 0) is 0 Å². The number of rotatable bonds is 3. The third-order valence-electron chi connectivity index (χ3n) is 3.44. The van der Waals surface area contributed by atoms with E-state index in [1.54, 1.807) is 23.1 Å². The quantitative estimate of drug-likeness (QED) is 0.930. The minimum Gasteiger partial charge on any atom is -0.341 e. The molecule has 1 aliphatic rings. The lowest BCUT2D eigenvalue weighted by Crippen LogP contribution is -2.39. The predicted molar refractivity (Wildman–Crippen MR) is 79.0 cm³/mol. The van der Waals surface area contributed by atoms with Crippen LogP contribution >= 0.6 is 23.2 Å². The summed E-state index contributed by atoms with van der Waals surface area (Å²) in [5, 5.41) is 4.25. The van der Waals surface area contributed by atoms with Gasteiger partial charge < -0.3 is 10.2 Å². The Morgan fingerprint density at radius 2 is 2.21 bits per heavy atom. The maximum atomic E-state index is 12.3. The number of nitrogens with zero attached hydrogens (tertiary/aromatic N) is 1. The zero-order valence-electron chi connectivity index (χ0n) is 11.0. The normalized spacial score (nSPS) is 19.2. The van der Waals surface area contributed by atoms with Crippen LogP contribution in [0.2, 0.25) is 10.0 Å². The molecule has 0 aromatic heterocycles. The van der Waals surface area contributed by atoms with Gasteiger partial charge in [0, 0.05) is 19.2 Å². The number of nitrogens with one attached hydrogen (secondary N) is 1. The molecule has 1 fully saturated rings. The highest BCUT2D eigenvalue weighted by Crippen LogP contribution is 2.23. The molecule has 1 aromatic carbocycles. The van der Waals surface area contributed by atoms with Crippen LogP contribution < -0.4 is 5.32 Å². The van der Waals surface area contributed by atoms with Crippen LogP contribution in [0.3, 0.4) is 0 Å². The molecule has 0 spiro atoms. The van der Waals surface area contributed by atoms with E-state index in [0.717, 1.165) is 19.6 Å². The Bertz CT molecular complexity index is 459. The van der Waals surface area contributed by atoms with Crippen molar-refractivity contribution in [2.45, 2.75) is 12.8 Å². The van der Waals surface area contributed by atoms with Crippen molar-refractivity contribution in [2.24, 2.45) is 5.92 Å². The molecule has 3 nitrogen and oxygen atoms in total. The molecule has 1 heterocycles. The molecule has 1 N–H and O–H groups in total. The first-order valence-corrected chi connectivity index (χ1v) is 7.24. The Kier molecular flexibility index (Phi) is 5.08. The Labute approximate surface area is 123 Å². The van der Waals surface area contributed by atoms with Gasteiger partial charge in [0.05, 0.1) is 10.0 Å². The molecule has 0 aliphatic carbocycles. The van der Waals surface area contributed by atoms with Crippen LogP contribution in [-0.4, -0.2) is 37.5 Å². The van der Waals surface area contributed by atoms with Gasteiger partial charge in [-0.3, -0.25) is 4.79 Å². The van der Waals surface area contributed by atoms with E-state index in [9.17, 15) is 4.79 Å². The molecule has 0 saturated carbocycles. The van der Waals surface area contributed by atoms with Crippen molar-refractivity contribution in [3.63, 3.8) is 0 Å². The fraction of sp³-hybridized carbons (Fsp3) is 0.500. The molecule has 1 aromatic rings. The summed E-state index contributed by atoms with van der Waals surface area (Å²) >= 11 is 11.8. The molecule has 0 bridgehead atoms. The number of benzene rings is 1. The molecular weight excluding hydrogens is 283 g/mol. The zero-order valence-corrected chi connectivity index (χ0v) is 12.5. The molecule has 1 saturated heterocycles. The Morgan fingerprint density at radius 1 is 1.42 bits per heavy atom. The third kappa shape index (κ3) is 3.85. The zero-order chi connectivity index (χ0) is 13.8. The van der Waals surface area contributed by atoms with Gasteiger partial charge in [0.25, 0.3) is 5.91 Å². The molecule has 19 heavy (non-hydrogen) atoms. The van der Waals surface area contributed by atoms with E-state index in [0.29, 0.717) is 21.5 Å². The highest BCUT2D eigenvalue weighted by molar-refractivity contribution is 6.42. The first-order valence-electron chi connectivity index (χ1n) is 6.49. The van der Waals surface area contributed by atoms with Crippen molar-refractivity contribution < 1.29 is 4.79 Å². The smallest absolute Gasteiger partial charge is 0.253 e. The first-order chi connectivity index (χ1) is 9.08. The van der Waals surface area contributed by atoms with Crippen molar-refractivity contribution in [1.82, 2.24) is 10.2 Å². The molecule has 1 amide bonds. The van der Waals surface area contributed by atoms with E-state index in [-0.39, 0.29) is 5.91 Å². The largest absolute Gasteiger partial charge is 0.341 e. The van der Waals surface area contributed by atoms with Crippen LogP contribution in [0.15, 0.2) is 18.2 Å². The highest BCUT2D eigenvalue weighted by Gasteiger charge is 2.19. The maximum Gasteiger partial charge on any atom is 0.253 e. The number of carbonyl (C=O) groups is 1. The number of hydrogen-bond acceptors (Lipinski definition) is 2. The SMILES string of the molecule is CN(CC1CCCNC1)C(=O)c1ccc(Cl)c(Cl)c1. The highest BCUT2D eigenvalue weighted by atomic mass is 35.5. The van der Waals surface area contributed by atoms with Gasteiger partial charge in [0.15, 0.2) is 0 Å². The molecule has 104 valence electrons. The molecule has 1 aliphatic heterocycles. The molecule has 0 radical (unpaired) electrons. The number of halogens is 2. The second-order valence-corrected chi connectivity index (χ2v) is 5.84. The summed E-state index contributed by atoms with van der Waals surface area (Å²) in [6.45, 7) is 2.84. The molecule has 5 heteroatoms. The summed E-state index contributed by atoms with van der Waals surface area (Å²) in [6.07, 6.45) is 2.35. The standard InChI is InChI=1S/C14H18Cl2N2O/c1-18(9-10-3-2-6-17-8-10)14(19)11-4-5-12(15)13(16)7-11/h4-5,7,10,17H,2-3,6,8-9H2,1H3. The van der Waals surface area contributed by atoms with Crippen LogP contribution in [0, 0.1) is 5.92 Å². The molecule has 2 rings (SSSR count). The van der Waals surface area contributed by atoms with Gasteiger partial charge in [-0.1, -0.05) is 23.2 Å². The lowest BCUT2D eigenvalue weighted by molar-refractivity contribution is 0.0765. The predicted octanol–water partition coefficient (Wildman–Crippen LogP) is 3.07. The number of piperidine rings is 1. The van der Waals surface area contributed by atoms with Crippen molar-refractivity contribution in [2.75, 3.05) is 26.7 Å². The van der Waals surface area contributed by atoms with Crippen molar-refractivity contribution >= 4 is 29.1 Å². The summed E-state index contributed by atoms with van der Waals surface area (Å²) in [6, 6.07) is 5.00. The van der Waals surface area contributed by atoms with E-state index in [2.05, 4.69) is 5.32 Å². The third-order valence-corrected chi connectivity index (χ3v) is 4.18. The molecule has 1 unspecified atom stereocenters. The molecule has 1 atom stereocenters. The fourth-order valence-corrected chi connectivity index (χ4v) is 2.70. The fourth-order valence-electron chi connectivity index (χ4n) is 2.40. The molecular formula is C14H18Cl2N2O. The van der Waals surface area contributed by atoms with E-state index < -0.39 is 0 Å². The minimum atomic E-state index is -0.0101. The van der Waals surface area contributed by atoms with Crippen molar-refractivity contribution in [1.29, 1.82) is 0 Å². The van der Waals surface area contributed by atoms with Gasteiger partial charge in [-0.05, 0) is 50.0 Å². The van der Waals surface area contributed by atoms with Gasteiger partial charge in [0.1, 0.15) is 0 Å². The maximum absolute atomic E-state index is 12.3. The second-order valence-electron chi connectivity index (χ2n) is 5.03. The van der Waals surface area contributed by atoms with Gasteiger partial charge in [-0.2, -0.15) is 0 Å². The van der Waals surface area contributed by atoms with Gasteiger partial charge >= 0.3 is 0 Å². The Balaban J connectivity index is 1.99. The summed E-state index contributed by atoms with van der Waals surface area (Å²) < 4.78 is 0. The lowest BCUT2D eigenvalue weighted by Gasteiger charge is -2.27. The monoisotopic (exact) mass is 300 g/mol. The summed E-state index contributed by atoms with van der Waals surface area (Å²) in [7, 11) is 1.83. The average Bonchev–Trinajstić information content (AvgIpc) is 2.42. The minimum absolute atomic E-state index is 0.0101.